The van der Waals surface area contributed by atoms with Crippen molar-refractivity contribution in [3.63, 3.8) is 0 Å². The third-order valence-corrected chi connectivity index (χ3v) is 6.00. The lowest BCUT2D eigenvalue weighted by atomic mass is 9.99. The van der Waals surface area contributed by atoms with Crippen LogP contribution in [-0.4, -0.2) is 13.2 Å². The topological polar surface area (TPSA) is 18.5 Å². The maximum Gasteiger partial charge on any atom is 0.180 e. The van der Waals surface area contributed by atoms with Crippen LogP contribution in [0.3, 0.4) is 0 Å². The zero-order valence-corrected chi connectivity index (χ0v) is 15.9. The number of fused-ring (bicyclic) bond motifs is 1. The van der Waals surface area contributed by atoms with Gasteiger partial charge in [-0.1, -0.05) is 36.4 Å². The lowest BCUT2D eigenvalue weighted by Gasteiger charge is -2.19. The Hall–Kier alpha value is -2.26. The fourth-order valence-electron chi connectivity index (χ4n) is 3.62. The summed E-state index contributed by atoms with van der Waals surface area (Å²) in [5, 5.41) is 0. The molecular formula is C22H22O2S. The highest BCUT2D eigenvalue weighted by atomic mass is 32.1. The number of hydrogen-bond acceptors (Lipinski definition) is 3. The Labute approximate surface area is 153 Å². The van der Waals surface area contributed by atoms with Crippen LogP contribution in [0.4, 0.5) is 0 Å². The molecule has 0 amide bonds. The van der Waals surface area contributed by atoms with Gasteiger partial charge in [-0.2, -0.15) is 0 Å². The molecule has 0 saturated heterocycles. The van der Waals surface area contributed by atoms with E-state index in [1.54, 1.807) is 11.3 Å². The molecule has 128 valence electrons. The predicted octanol–water partition coefficient (Wildman–Crippen LogP) is 6.09. The summed E-state index contributed by atoms with van der Waals surface area (Å²) in [6, 6.07) is 12.9. The number of rotatable bonds is 2. The first-order valence-electron chi connectivity index (χ1n) is 8.63. The molecule has 0 aliphatic carbocycles. The molecule has 1 aromatic heterocycles. The van der Waals surface area contributed by atoms with E-state index in [0.717, 1.165) is 11.5 Å². The van der Waals surface area contributed by atoms with Gasteiger partial charge in [-0.25, -0.2) is 0 Å². The molecule has 2 heterocycles. The minimum atomic E-state index is 0.605. The second-order valence-corrected chi connectivity index (χ2v) is 7.67. The molecule has 0 unspecified atom stereocenters. The molecule has 3 aromatic rings. The predicted molar refractivity (Wildman–Crippen MR) is 105 cm³/mol. The van der Waals surface area contributed by atoms with Gasteiger partial charge in [0, 0.05) is 11.1 Å². The van der Waals surface area contributed by atoms with Gasteiger partial charge in [-0.3, -0.25) is 0 Å². The van der Waals surface area contributed by atoms with E-state index in [1.165, 1.54) is 43.1 Å². The van der Waals surface area contributed by atoms with Crippen LogP contribution in [0.1, 0.15) is 22.3 Å². The zero-order chi connectivity index (χ0) is 17.6. The number of benzene rings is 2. The third kappa shape index (κ3) is 2.63. The molecule has 0 N–H and O–H groups in total. The van der Waals surface area contributed by atoms with E-state index in [2.05, 4.69) is 64.1 Å². The van der Waals surface area contributed by atoms with Gasteiger partial charge in [-0.15, -0.1) is 11.3 Å². The first-order chi connectivity index (χ1) is 12.1. The van der Waals surface area contributed by atoms with Crippen molar-refractivity contribution in [2.45, 2.75) is 27.7 Å². The highest BCUT2D eigenvalue weighted by molar-refractivity contribution is 7.19. The molecule has 1 aliphatic heterocycles. The second-order valence-electron chi connectivity index (χ2n) is 6.65. The van der Waals surface area contributed by atoms with Crippen molar-refractivity contribution >= 4 is 11.3 Å². The van der Waals surface area contributed by atoms with E-state index in [0.29, 0.717) is 13.2 Å². The van der Waals surface area contributed by atoms with Gasteiger partial charge >= 0.3 is 0 Å². The summed E-state index contributed by atoms with van der Waals surface area (Å²) in [6.45, 7) is 9.86. The highest BCUT2D eigenvalue weighted by Gasteiger charge is 2.28. The van der Waals surface area contributed by atoms with E-state index >= 15 is 0 Å². The lowest BCUT2D eigenvalue weighted by Crippen LogP contribution is -2.15. The highest BCUT2D eigenvalue weighted by Crippen LogP contribution is 2.55. The van der Waals surface area contributed by atoms with Gasteiger partial charge < -0.3 is 9.47 Å². The minimum Gasteiger partial charge on any atom is -0.485 e. The molecule has 3 heteroatoms. The largest absolute Gasteiger partial charge is 0.485 e. The van der Waals surface area contributed by atoms with E-state index < -0.39 is 0 Å². The first kappa shape index (κ1) is 16.2. The SMILES string of the molecule is Cc1cccc(C)c1-c1sc(-c2c(C)cccc2C)c2c1OCCO2. The smallest absolute Gasteiger partial charge is 0.180 e. The summed E-state index contributed by atoms with van der Waals surface area (Å²) < 4.78 is 12.2. The molecule has 25 heavy (non-hydrogen) atoms. The summed E-state index contributed by atoms with van der Waals surface area (Å²) >= 11 is 1.79. The van der Waals surface area contributed by atoms with Crippen molar-refractivity contribution in [3.8, 4) is 32.4 Å². The van der Waals surface area contributed by atoms with Crippen molar-refractivity contribution in [1.29, 1.82) is 0 Å². The van der Waals surface area contributed by atoms with E-state index in [4.69, 9.17) is 9.47 Å². The molecule has 0 bridgehead atoms. The van der Waals surface area contributed by atoms with Crippen molar-refractivity contribution in [2.75, 3.05) is 13.2 Å². The van der Waals surface area contributed by atoms with Gasteiger partial charge in [0.25, 0.3) is 0 Å². The zero-order valence-electron chi connectivity index (χ0n) is 15.1. The summed E-state index contributed by atoms with van der Waals surface area (Å²) in [5.41, 5.74) is 7.62. The fraction of sp³-hybridized carbons (Fsp3) is 0.273. The van der Waals surface area contributed by atoms with Crippen LogP contribution >= 0.6 is 11.3 Å². The minimum absolute atomic E-state index is 0.605. The molecule has 2 nitrogen and oxygen atoms in total. The van der Waals surface area contributed by atoms with Crippen LogP contribution in [0.2, 0.25) is 0 Å². The number of ether oxygens (including phenoxy) is 2. The van der Waals surface area contributed by atoms with Gasteiger partial charge in [0.15, 0.2) is 11.5 Å². The molecule has 4 rings (SSSR count). The standard InChI is InChI=1S/C22H22O2S/c1-13-7-5-8-14(2)17(13)21-19-20(24-12-11-23-19)22(25-21)18-15(3)9-6-10-16(18)4/h5-10H,11-12H2,1-4H3. The van der Waals surface area contributed by atoms with Crippen LogP contribution in [0.15, 0.2) is 36.4 Å². The Kier molecular flexibility index (Phi) is 4.04. The van der Waals surface area contributed by atoms with Gasteiger partial charge in [0.2, 0.25) is 0 Å². The normalized spacial score (nSPS) is 13.1. The molecular weight excluding hydrogens is 328 g/mol. The van der Waals surface area contributed by atoms with Crippen molar-refractivity contribution in [3.05, 3.63) is 58.7 Å². The van der Waals surface area contributed by atoms with Crippen molar-refractivity contribution in [2.24, 2.45) is 0 Å². The van der Waals surface area contributed by atoms with Crippen molar-refractivity contribution in [1.82, 2.24) is 0 Å². The van der Waals surface area contributed by atoms with E-state index in [-0.39, 0.29) is 0 Å². The molecule has 0 fully saturated rings. The molecule has 0 saturated carbocycles. The number of aryl methyl sites for hydroxylation is 4. The Morgan fingerprint density at radius 3 is 1.36 bits per heavy atom. The Morgan fingerprint density at radius 2 is 1.00 bits per heavy atom. The second kappa shape index (κ2) is 6.23. The average Bonchev–Trinajstić information content (AvgIpc) is 2.94. The van der Waals surface area contributed by atoms with Gasteiger partial charge in [0.05, 0.1) is 9.75 Å². The molecule has 1 aliphatic rings. The molecule has 0 spiro atoms. The van der Waals surface area contributed by atoms with Gasteiger partial charge in [0.1, 0.15) is 13.2 Å². The van der Waals surface area contributed by atoms with Crippen molar-refractivity contribution < 1.29 is 9.47 Å². The number of hydrogen-bond donors (Lipinski definition) is 0. The quantitative estimate of drug-likeness (QED) is 0.557. The number of thiophene rings is 1. The van der Waals surface area contributed by atoms with Gasteiger partial charge in [-0.05, 0) is 49.9 Å². The molecule has 0 radical (unpaired) electrons. The Morgan fingerprint density at radius 1 is 0.640 bits per heavy atom. The summed E-state index contributed by atoms with van der Waals surface area (Å²) in [5.74, 6) is 1.82. The average molecular weight is 350 g/mol. The van der Waals surface area contributed by atoms with E-state index in [1.807, 2.05) is 0 Å². The van der Waals surface area contributed by atoms with Crippen LogP contribution in [-0.2, 0) is 0 Å². The molecule has 2 aromatic carbocycles. The monoisotopic (exact) mass is 350 g/mol. The summed E-state index contributed by atoms with van der Waals surface area (Å²) in [7, 11) is 0. The third-order valence-electron chi connectivity index (χ3n) is 4.82. The van der Waals surface area contributed by atoms with Crippen LogP contribution in [0, 0.1) is 27.7 Å². The Bertz CT molecular complexity index is 836. The lowest BCUT2D eigenvalue weighted by molar-refractivity contribution is 0.175. The summed E-state index contributed by atoms with van der Waals surface area (Å²) in [4.78, 5) is 2.37. The summed E-state index contributed by atoms with van der Waals surface area (Å²) in [6.07, 6.45) is 0. The first-order valence-corrected chi connectivity index (χ1v) is 9.45. The van der Waals surface area contributed by atoms with E-state index in [9.17, 15) is 0 Å². The van der Waals surface area contributed by atoms with Crippen LogP contribution < -0.4 is 9.47 Å². The Balaban J connectivity index is 2.02. The maximum absolute atomic E-state index is 6.09. The fourth-order valence-corrected chi connectivity index (χ4v) is 5.17. The molecule has 0 atom stereocenters. The van der Waals surface area contributed by atoms with Crippen LogP contribution in [0.25, 0.3) is 20.9 Å². The maximum atomic E-state index is 6.09. The van der Waals surface area contributed by atoms with Crippen LogP contribution in [0.5, 0.6) is 11.5 Å².